The summed E-state index contributed by atoms with van der Waals surface area (Å²) in [4.78, 5) is 17.5. The second-order valence-corrected chi connectivity index (χ2v) is 6.99. The number of methoxy groups -OCH3 is 2. The van der Waals surface area contributed by atoms with Gasteiger partial charge in [-0.3, -0.25) is 15.6 Å². The molecule has 2 aromatic carbocycles. The molecule has 0 fully saturated rings. The van der Waals surface area contributed by atoms with E-state index in [4.69, 9.17) is 9.47 Å². The van der Waals surface area contributed by atoms with Crippen molar-refractivity contribution in [2.45, 2.75) is 4.90 Å². The van der Waals surface area contributed by atoms with E-state index in [-0.39, 0.29) is 5.91 Å². The third kappa shape index (κ3) is 4.15. The number of rotatable bonds is 7. The molecule has 1 aromatic heterocycles. The van der Waals surface area contributed by atoms with Crippen LogP contribution in [-0.4, -0.2) is 30.9 Å². The molecule has 8 heteroatoms. The van der Waals surface area contributed by atoms with Crippen LogP contribution in [0.2, 0.25) is 0 Å². The number of benzene rings is 2. The molecule has 0 unspecified atom stereocenters. The van der Waals surface area contributed by atoms with Gasteiger partial charge in [0.25, 0.3) is 0 Å². The van der Waals surface area contributed by atoms with Gasteiger partial charge in [0, 0.05) is 4.90 Å². The van der Waals surface area contributed by atoms with Crippen LogP contribution in [0.1, 0.15) is 0 Å². The number of fused-ring (bicyclic) bond motifs is 1. The van der Waals surface area contributed by atoms with Crippen molar-refractivity contribution in [3.8, 4) is 11.5 Å². The van der Waals surface area contributed by atoms with Crippen molar-refractivity contribution in [1.29, 1.82) is 0 Å². The summed E-state index contributed by atoms with van der Waals surface area (Å²) in [6, 6.07) is 13.4. The Morgan fingerprint density at radius 2 is 1.84 bits per heavy atom. The Labute approximate surface area is 153 Å². The molecule has 0 aliphatic carbocycles. The van der Waals surface area contributed by atoms with Crippen molar-refractivity contribution in [2.24, 2.45) is 0 Å². The van der Waals surface area contributed by atoms with Crippen LogP contribution in [0.5, 0.6) is 11.5 Å². The van der Waals surface area contributed by atoms with E-state index >= 15 is 0 Å². The standard InChI is InChI=1S/C17H17N3O3S2/c1-22-12-8-9-13(23-2)16-15(12)18-17(25-16)20-19-14(21)10-24-11-6-4-3-5-7-11/h3-9H,10H2,1-2H3,(H,18,20)(H,19,21). The lowest BCUT2D eigenvalue weighted by molar-refractivity contribution is -0.118. The van der Waals surface area contributed by atoms with Crippen molar-refractivity contribution < 1.29 is 14.3 Å². The fraction of sp³-hybridized carbons (Fsp3) is 0.176. The first-order valence-corrected chi connectivity index (χ1v) is 9.25. The summed E-state index contributed by atoms with van der Waals surface area (Å²) in [5, 5.41) is 0.566. The number of thioether (sulfide) groups is 1. The molecule has 0 atom stereocenters. The number of nitrogens with zero attached hydrogens (tertiary/aromatic N) is 1. The highest BCUT2D eigenvalue weighted by Gasteiger charge is 2.14. The lowest BCUT2D eigenvalue weighted by Gasteiger charge is -2.05. The van der Waals surface area contributed by atoms with E-state index in [1.807, 2.05) is 36.4 Å². The molecule has 3 rings (SSSR count). The van der Waals surface area contributed by atoms with Crippen LogP contribution in [0, 0.1) is 0 Å². The van der Waals surface area contributed by atoms with E-state index in [1.165, 1.54) is 23.1 Å². The molecule has 130 valence electrons. The zero-order valence-electron chi connectivity index (χ0n) is 13.7. The highest BCUT2D eigenvalue weighted by atomic mass is 32.2. The number of hydrogen-bond donors (Lipinski definition) is 2. The average molecular weight is 375 g/mol. The molecule has 0 radical (unpaired) electrons. The van der Waals surface area contributed by atoms with Crippen LogP contribution in [-0.2, 0) is 4.79 Å². The summed E-state index contributed by atoms with van der Waals surface area (Å²) in [6.45, 7) is 0. The van der Waals surface area contributed by atoms with Gasteiger partial charge in [0.2, 0.25) is 11.0 Å². The van der Waals surface area contributed by atoms with Crippen LogP contribution in [0.25, 0.3) is 10.2 Å². The summed E-state index contributed by atoms with van der Waals surface area (Å²) in [6.07, 6.45) is 0. The summed E-state index contributed by atoms with van der Waals surface area (Å²) < 4.78 is 11.5. The predicted octanol–water partition coefficient (Wildman–Crippen LogP) is 3.55. The third-order valence-electron chi connectivity index (χ3n) is 3.33. The summed E-state index contributed by atoms with van der Waals surface area (Å²) in [7, 11) is 3.20. The molecular formula is C17H17N3O3S2. The first-order valence-electron chi connectivity index (χ1n) is 7.45. The van der Waals surface area contributed by atoms with Crippen molar-refractivity contribution >= 4 is 44.4 Å². The first-order chi connectivity index (χ1) is 12.2. The van der Waals surface area contributed by atoms with Crippen LogP contribution >= 0.6 is 23.1 Å². The number of carbonyl (C=O) groups is 1. The highest BCUT2D eigenvalue weighted by Crippen LogP contribution is 2.38. The Bertz CT molecular complexity index is 827. The quantitative estimate of drug-likeness (QED) is 0.486. The fourth-order valence-corrected chi connectivity index (χ4v) is 3.81. The highest BCUT2D eigenvalue weighted by molar-refractivity contribution is 8.00. The molecule has 0 bridgehead atoms. The van der Waals surface area contributed by atoms with Crippen molar-refractivity contribution in [2.75, 3.05) is 25.4 Å². The molecular weight excluding hydrogens is 358 g/mol. The maximum Gasteiger partial charge on any atom is 0.248 e. The van der Waals surface area contributed by atoms with Crippen molar-refractivity contribution in [3.05, 3.63) is 42.5 Å². The maximum atomic E-state index is 12.0. The van der Waals surface area contributed by atoms with Crippen molar-refractivity contribution in [3.63, 3.8) is 0 Å². The second kappa shape index (κ2) is 8.09. The van der Waals surface area contributed by atoms with E-state index in [9.17, 15) is 4.79 Å². The second-order valence-electron chi connectivity index (χ2n) is 4.94. The largest absolute Gasteiger partial charge is 0.495 e. The van der Waals surface area contributed by atoms with E-state index in [0.717, 1.165) is 9.60 Å². The molecule has 0 spiro atoms. The lowest BCUT2D eigenvalue weighted by Crippen LogP contribution is -2.30. The number of nitrogens with one attached hydrogen (secondary N) is 2. The number of thiazole rings is 1. The van der Waals surface area contributed by atoms with Gasteiger partial charge in [-0.15, -0.1) is 11.8 Å². The van der Waals surface area contributed by atoms with Crippen LogP contribution < -0.4 is 20.3 Å². The minimum atomic E-state index is -0.132. The molecule has 0 aliphatic heterocycles. The molecule has 3 aromatic rings. The van der Waals surface area contributed by atoms with Gasteiger partial charge in [0.1, 0.15) is 21.7 Å². The lowest BCUT2D eigenvalue weighted by atomic mass is 10.3. The number of hydrogen-bond acceptors (Lipinski definition) is 7. The molecule has 1 heterocycles. The Morgan fingerprint density at radius 3 is 2.56 bits per heavy atom. The number of ether oxygens (including phenoxy) is 2. The predicted molar refractivity (Wildman–Crippen MR) is 102 cm³/mol. The van der Waals surface area contributed by atoms with Gasteiger partial charge in [0.15, 0.2) is 0 Å². The van der Waals surface area contributed by atoms with E-state index in [1.54, 1.807) is 20.3 Å². The summed E-state index contributed by atoms with van der Waals surface area (Å²) in [5.74, 6) is 1.56. The number of aromatic nitrogens is 1. The minimum Gasteiger partial charge on any atom is -0.495 e. The fourth-order valence-electron chi connectivity index (χ4n) is 2.16. The van der Waals surface area contributed by atoms with Gasteiger partial charge < -0.3 is 9.47 Å². The zero-order chi connectivity index (χ0) is 17.6. The van der Waals surface area contributed by atoms with Gasteiger partial charge in [0.05, 0.1) is 20.0 Å². The molecule has 0 saturated heterocycles. The molecule has 0 aliphatic rings. The van der Waals surface area contributed by atoms with Crippen molar-refractivity contribution in [1.82, 2.24) is 10.4 Å². The Morgan fingerprint density at radius 1 is 1.12 bits per heavy atom. The van der Waals surface area contributed by atoms with Crippen LogP contribution in [0.15, 0.2) is 47.4 Å². The molecule has 0 saturated carbocycles. The van der Waals surface area contributed by atoms with Gasteiger partial charge in [-0.25, -0.2) is 4.98 Å². The minimum absolute atomic E-state index is 0.132. The molecule has 1 amide bonds. The van der Waals surface area contributed by atoms with Crippen LogP contribution in [0.3, 0.4) is 0 Å². The Balaban J connectivity index is 1.64. The van der Waals surface area contributed by atoms with Gasteiger partial charge >= 0.3 is 0 Å². The van der Waals surface area contributed by atoms with Gasteiger partial charge in [-0.1, -0.05) is 29.5 Å². The van der Waals surface area contributed by atoms with Crippen LogP contribution in [0.4, 0.5) is 5.13 Å². The third-order valence-corrected chi connectivity index (χ3v) is 5.33. The average Bonchev–Trinajstić information content (AvgIpc) is 3.09. The number of hydrazine groups is 1. The van der Waals surface area contributed by atoms with Gasteiger partial charge in [-0.05, 0) is 24.3 Å². The molecule has 25 heavy (non-hydrogen) atoms. The number of anilines is 1. The normalized spacial score (nSPS) is 10.5. The molecule has 2 N–H and O–H groups in total. The molecule has 6 nitrogen and oxygen atoms in total. The van der Waals surface area contributed by atoms with E-state index < -0.39 is 0 Å². The monoisotopic (exact) mass is 375 g/mol. The first kappa shape index (κ1) is 17.4. The Kier molecular flexibility index (Phi) is 5.62. The van der Waals surface area contributed by atoms with E-state index in [2.05, 4.69) is 15.8 Å². The number of carbonyl (C=O) groups excluding carboxylic acids is 1. The zero-order valence-corrected chi connectivity index (χ0v) is 15.4. The smallest absolute Gasteiger partial charge is 0.248 e. The SMILES string of the molecule is COc1ccc(OC)c2sc(NNC(=O)CSc3ccccc3)nc12. The topological polar surface area (TPSA) is 72.5 Å². The number of amides is 1. The Hall–Kier alpha value is -2.45. The van der Waals surface area contributed by atoms with E-state index in [0.29, 0.717) is 27.9 Å². The summed E-state index contributed by atoms with van der Waals surface area (Å²) >= 11 is 2.86. The van der Waals surface area contributed by atoms with Gasteiger partial charge in [-0.2, -0.15) is 0 Å². The summed E-state index contributed by atoms with van der Waals surface area (Å²) in [5.41, 5.74) is 6.21. The maximum absolute atomic E-state index is 12.0.